The molecule has 1 aromatic carbocycles. The van der Waals surface area contributed by atoms with E-state index in [0.29, 0.717) is 6.42 Å². The Morgan fingerprint density at radius 2 is 2.22 bits per heavy atom. The molecule has 2 N–H and O–H groups in total. The summed E-state index contributed by atoms with van der Waals surface area (Å²) < 4.78 is 20.5. The predicted octanol–water partition coefficient (Wildman–Crippen LogP) is 1.42. The molecule has 4 nitrogen and oxygen atoms in total. The first-order chi connectivity index (χ1) is 8.69. The number of ether oxygens (including phenoxy) is 1. The quantitative estimate of drug-likeness (QED) is 0.848. The third kappa shape index (κ3) is 1.80. The highest BCUT2D eigenvalue weighted by molar-refractivity contribution is 5.80. The molecule has 2 aromatic rings. The van der Waals surface area contributed by atoms with E-state index >= 15 is 0 Å². The van der Waals surface area contributed by atoms with Crippen molar-refractivity contribution < 1.29 is 19.3 Å². The minimum atomic E-state index is -0.669. The van der Waals surface area contributed by atoms with Gasteiger partial charge in [-0.3, -0.25) is 0 Å². The van der Waals surface area contributed by atoms with E-state index in [4.69, 9.17) is 9.84 Å². The van der Waals surface area contributed by atoms with Crippen molar-refractivity contribution in [3.8, 4) is 0 Å². The van der Waals surface area contributed by atoms with E-state index in [0.717, 1.165) is 10.9 Å². The summed E-state index contributed by atoms with van der Waals surface area (Å²) >= 11 is 0. The molecule has 3 atom stereocenters. The van der Waals surface area contributed by atoms with Crippen molar-refractivity contribution >= 4 is 10.9 Å². The number of aliphatic hydroxyl groups excluding tert-OH is 2. The standard InChI is InChI=1S/C13H14FNO3/c14-9-1-2-10-8(5-9)3-4-15(10)13-6-11(17)12(7-16)18-13/h1-5,11-13,16-17H,6-7H2/t11-,12+,13+/m0/s1. The maximum atomic E-state index is 13.1. The van der Waals surface area contributed by atoms with Crippen LogP contribution >= 0.6 is 0 Å². The van der Waals surface area contributed by atoms with Gasteiger partial charge in [-0.2, -0.15) is 0 Å². The molecule has 0 bridgehead atoms. The van der Waals surface area contributed by atoms with Crippen LogP contribution in [0.1, 0.15) is 12.6 Å². The zero-order valence-corrected chi connectivity index (χ0v) is 9.66. The van der Waals surface area contributed by atoms with Crippen LogP contribution in [0.3, 0.4) is 0 Å². The minimum Gasteiger partial charge on any atom is -0.394 e. The fraction of sp³-hybridized carbons (Fsp3) is 0.385. The molecule has 5 heteroatoms. The number of halogens is 1. The lowest BCUT2D eigenvalue weighted by Gasteiger charge is -2.14. The molecule has 3 rings (SSSR count). The number of rotatable bonds is 2. The summed E-state index contributed by atoms with van der Waals surface area (Å²) in [6.07, 6.45) is 0.694. The Hall–Kier alpha value is -1.43. The third-order valence-electron chi connectivity index (χ3n) is 3.38. The van der Waals surface area contributed by atoms with Crippen molar-refractivity contribution in [3.05, 3.63) is 36.3 Å². The van der Waals surface area contributed by atoms with E-state index in [1.54, 1.807) is 18.3 Å². The summed E-state index contributed by atoms with van der Waals surface area (Å²) in [6, 6.07) is 6.35. The number of aromatic nitrogens is 1. The normalized spacial score (nSPS) is 28.1. The third-order valence-corrected chi connectivity index (χ3v) is 3.38. The van der Waals surface area contributed by atoms with E-state index in [1.807, 2.05) is 4.57 Å². The Labute approximate surface area is 103 Å². The van der Waals surface area contributed by atoms with Gasteiger partial charge in [-0.05, 0) is 24.3 Å². The highest BCUT2D eigenvalue weighted by Crippen LogP contribution is 2.31. The van der Waals surface area contributed by atoms with Gasteiger partial charge in [0.1, 0.15) is 18.1 Å². The van der Waals surface area contributed by atoms with Gasteiger partial charge in [0.25, 0.3) is 0 Å². The lowest BCUT2D eigenvalue weighted by atomic mass is 10.2. The fourth-order valence-corrected chi connectivity index (χ4v) is 2.44. The highest BCUT2D eigenvalue weighted by Gasteiger charge is 2.34. The van der Waals surface area contributed by atoms with Crippen LogP contribution in [0.25, 0.3) is 10.9 Å². The van der Waals surface area contributed by atoms with Crippen LogP contribution in [0, 0.1) is 5.82 Å². The fourth-order valence-electron chi connectivity index (χ4n) is 2.44. The smallest absolute Gasteiger partial charge is 0.137 e. The van der Waals surface area contributed by atoms with E-state index in [1.165, 1.54) is 12.1 Å². The van der Waals surface area contributed by atoms with Crippen LogP contribution in [0.15, 0.2) is 30.5 Å². The van der Waals surface area contributed by atoms with Crippen LogP contribution in [0.5, 0.6) is 0 Å². The number of aliphatic hydroxyl groups is 2. The molecule has 1 aliphatic heterocycles. The molecule has 1 aromatic heterocycles. The average Bonchev–Trinajstić information content (AvgIpc) is 2.91. The van der Waals surface area contributed by atoms with E-state index in [9.17, 15) is 9.50 Å². The lowest BCUT2D eigenvalue weighted by Crippen LogP contribution is -2.24. The SMILES string of the molecule is OC[C@H]1O[C@@H](n2ccc3cc(F)ccc32)C[C@@H]1O. The summed E-state index contributed by atoms with van der Waals surface area (Å²) in [4.78, 5) is 0. The minimum absolute atomic E-state index is 0.203. The van der Waals surface area contributed by atoms with Crippen LogP contribution in [-0.2, 0) is 4.74 Å². The van der Waals surface area contributed by atoms with E-state index in [2.05, 4.69) is 0 Å². The second-order valence-electron chi connectivity index (χ2n) is 4.54. The van der Waals surface area contributed by atoms with Gasteiger partial charge in [-0.1, -0.05) is 0 Å². The summed E-state index contributed by atoms with van der Waals surface area (Å²) in [5.41, 5.74) is 0.854. The van der Waals surface area contributed by atoms with E-state index < -0.39 is 12.2 Å². The van der Waals surface area contributed by atoms with Crippen molar-refractivity contribution in [2.75, 3.05) is 6.61 Å². The monoisotopic (exact) mass is 251 g/mol. The summed E-state index contributed by atoms with van der Waals surface area (Å²) in [5.74, 6) is -0.277. The van der Waals surface area contributed by atoms with Gasteiger partial charge in [0.2, 0.25) is 0 Å². The van der Waals surface area contributed by atoms with Crippen LogP contribution in [0.4, 0.5) is 4.39 Å². The topological polar surface area (TPSA) is 54.6 Å². The molecule has 1 fully saturated rings. The molecular weight excluding hydrogens is 237 g/mol. The zero-order chi connectivity index (χ0) is 12.7. The van der Waals surface area contributed by atoms with Crippen molar-refractivity contribution in [2.45, 2.75) is 24.9 Å². The van der Waals surface area contributed by atoms with Crippen LogP contribution in [0.2, 0.25) is 0 Å². The Balaban J connectivity index is 1.96. The molecular formula is C13H14FNO3. The predicted molar refractivity (Wildman–Crippen MR) is 63.5 cm³/mol. The maximum Gasteiger partial charge on any atom is 0.137 e. The number of hydrogen-bond donors (Lipinski definition) is 2. The van der Waals surface area contributed by atoms with Gasteiger partial charge in [0, 0.05) is 18.0 Å². The maximum absolute atomic E-state index is 13.1. The Bertz CT molecular complexity index is 568. The first-order valence-electron chi connectivity index (χ1n) is 5.89. The van der Waals surface area contributed by atoms with Gasteiger partial charge in [0.15, 0.2) is 0 Å². The van der Waals surface area contributed by atoms with Gasteiger partial charge >= 0.3 is 0 Å². The molecule has 0 saturated carbocycles. The molecule has 2 heterocycles. The molecule has 96 valence electrons. The van der Waals surface area contributed by atoms with E-state index in [-0.39, 0.29) is 18.7 Å². The second kappa shape index (κ2) is 4.35. The van der Waals surface area contributed by atoms with Crippen LogP contribution < -0.4 is 0 Å². The highest BCUT2D eigenvalue weighted by atomic mass is 19.1. The number of hydrogen-bond acceptors (Lipinski definition) is 3. The number of fused-ring (bicyclic) bond motifs is 1. The van der Waals surface area contributed by atoms with Gasteiger partial charge in [0.05, 0.1) is 18.2 Å². The largest absolute Gasteiger partial charge is 0.394 e. The zero-order valence-electron chi connectivity index (χ0n) is 9.66. The molecule has 0 spiro atoms. The van der Waals surface area contributed by atoms with Crippen molar-refractivity contribution in [1.82, 2.24) is 4.57 Å². The molecule has 0 aliphatic carbocycles. The first-order valence-corrected chi connectivity index (χ1v) is 5.89. The summed E-state index contributed by atoms with van der Waals surface area (Å²) in [6.45, 7) is -0.203. The number of nitrogens with zero attached hydrogens (tertiary/aromatic N) is 1. The van der Waals surface area contributed by atoms with Crippen molar-refractivity contribution in [3.63, 3.8) is 0 Å². The van der Waals surface area contributed by atoms with Gasteiger partial charge in [-0.15, -0.1) is 0 Å². The Morgan fingerprint density at radius 3 is 2.94 bits per heavy atom. The van der Waals surface area contributed by atoms with Gasteiger partial charge in [-0.25, -0.2) is 4.39 Å². The lowest BCUT2D eigenvalue weighted by molar-refractivity contribution is -0.0428. The molecule has 18 heavy (non-hydrogen) atoms. The van der Waals surface area contributed by atoms with Crippen LogP contribution in [-0.4, -0.2) is 33.6 Å². The second-order valence-corrected chi connectivity index (χ2v) is 4.54. The molecule has 0 unspecified atom stereocenters. The Morgan fingerprint density at radius 1 is 1.39 bits per heavy atom. The molecule has 1 saturated heterocycles. The van der Waals surface area contributed by atoms with Gasteiger partial charge < -0.3 is 19.5 Å². The first kappa shape index (κ1) is 11.6. The average molecular weight is 251 g/mol. The van der Waals surface area contributed by atoms with Crippen molar-refractivity contribution in [2.24, 2.45) is 0 Å². The summed E-state index contributed by atoms with van der Waals surface area (Å²) in [7, 11) is 0. The summed E-state index contributed by atoms with van der Waals surface area (Å²) in [5, 5.41) is 19.6. The Kier molecular flexibility index (Phi) is 2.81. The number of benzene rings is 1. The molecule has 1 aliphatic rings. The molecule has 0 amide bonds. The van der Waals surface area contributed by atoms with Crippen molar-refractivity contribution in [1.29, 1.82) is 0 Å². The molecule has 0 radical (unpaired) electrons.